The molecule has 2 heterocycles. The highest BCUT2D eigenvalue weighted by Crippen LogP contribution is 2.48. The predicted molar refractivity (Wildman–Crippen MR) is 138 cm³/mol. The first-order valence-corrected chi connectivity index (χ1v) is 11.2. The Kier molecular flexibility index (Phi) is 5.09. The molecule has 0 spiro atoms. The highest BCUT2D eigenvalue weighted by Gasteiger charge is 2.22. The van der Waals surface area contributed by atoms with Gasteiger partial charge in [0.05, 0.1) is 5.69 Å². The Labute approximate surface area is 197 Å². The molecule has 4 heteroatoms. The van der Waals surface area contributed by atoms with Crippen molar-refractivity contribution in [3.8, 4) is 11.5 Å². The Hall–Kier alpha value is -4.70. The summed E-state index contributed by atoms with van der Waals surface area (Å²) >= 11 is 0. The monoisotopic (exact) mass is 439 g/mol. The molecule has 34 heavy (non-hydrogen) atoms. The van der Waals surface area contributed by atoms with Gasteiger partial charge in [-0.3, -0.25) is 9.97 Å². The molecule has 0 saturated heterocycles. The number of aromatic nitrogens is 2. The van der Waals surface area contributed by atoms with Crippen molar-refractivity contribution in [2.75, 3.05) is 4.90 Å². The lowest BCUT2D eigenvalue weighted by atomic mass is 9.99. The third-order valence-electron chi connectivity index (χ3n) is 5.87. The molecule has 0 aliphatic rings. The number of anilines is 3. The lowest BCUT2D eigenvalue weighted by Crippen LogP contribution is -2.11. The van der Waals surface area contributed by atoms with Crippen molar-refractivity contribution >= 4 is 38.6 Å². The first kappa shape index (κ1) is 19.9. The molecule has 0 aliphatic heterocycles. The second kappa shape index (κ2) is 8.68. The highest BCUT2D eigenvalue weighted by molar-refractivity contribution is 6.18. The molecule has 4 aromatic carbocycles. The topological polar surface area (TPSA) is 38.2 Å². The van der Waals surface area contributed by atoms with Crippen LogP contribution in [0.1, 0.15) is 0 Å². The van der Waals surface area contributed by atoms with Crippen molar-refractivity contribution in [1.29, 1.82) is 0 Å². The molecule has 0 amide bonds. The number of pyridine rings is 2. The number of benzene rings is 4. The smallest absolute Gasteiger partial charge is 0.143 e. The first-order valence-electron chi connectivity index (χ1n) is 11.2. The maximum absolute atomic E-state index is 6.46. The largest absolute Gasteiger partial charge is 0.456 e. The van der Waals surface area contributed by atoms with E-state index in [1.54, 1.807) is 12.4 Å². The van der Waals surface area contributed by atoms with Crippen LogP contribution in [0, 0.1) is 0 Å². The SMILES string of the molecule is c1ccc(N(c2ccccc2)c2c3ccccc3c(Oc3ccncc3)c3ccncc23)cc1. The Morgan fingerprint density at radius 3 is 1.74 bits per heavy atom. The minimum Gasteiger partial charge on any atom is -0.456 e. The third-order valence-corrected chi connectivity index (χ3v) is 5.87. The van der Waals surface area contributed by atoms with Crippen LogP contribution in [-0.2, 0) is 0 Å². The summed E-state index contributed by atoms with van der Waals surface area (Å²) in [6.45, 7) is 0. The molecule has 0 saturated carbocycles. The van der Waals surface area contributed by atoms with E-state index in [4.69, 9.17) is 4.74 Å². The van der Waals surface area contributed by atoms with Gasteiger partial charge in [0, 0.05) is 57.7 Å². The lowest BCUT2D eigenvalue weighted by Gasteiger charge is -2.29. The normalized spacial score (nSPS) is 10.9. The molecule has 6 aromatic rings. The molecule has 0 atom stereocenters. The van der Waals surface area contributed by atoms with E-state index in [9.17, 15) is 0 Å². The van der Waals surface area contributed by atoms with Crippen molar-refractivity contribution in [3.63, 3.8) is 0 Å². The number of rotatable bonds is 5. The van der Waals surface area contributed by atoms with Gasteiger partial charge >= 0.3 is 0 Å². The molecule has 0 bridgehead atoms. The van der Waals surface area contributed by atoms with Crippen molar-refractivity contribution in [2.24, 2.45) is 0 Å². The van der Waals surface area contributed by atoms with Crippen LogP contribution in [0.3, 0.4) is 0 Å². The molecule has 0 fully saturated rings. The van der Waals surface area contributed by atoms with Gasteiger partial charge in [0.15, 0.2) is 0 Å². The van der Waals surface area contributed by atoms with Crippen molar-refractivity contribution in [1.82, 2.24) is 9.97 Å². The van der Waals surface area contributed by atoms with Gasteiger partial charge in [-0.25, -0.2) is 0 Å². The van der Waals surface area contributed by atoms with Crippen LogP contribution >= 0.6 is 0 Å². The Morgan fingerprint density at radius 1 is 0.500 bits per heavy atom. The molecule has 0 radical (unpaired) electrons. The van der Waals surface area contributed by atoms with Crippen LogP contribution in [0.4, 0.5) is 17.1 Å². The van der Waals surface area contributed by atoms with Crippen LogP contribution in [0.2, 0.25) is 0 Å². The molecular weight excluding hydrogens is 418 g/mol. The highest BCUT2D eigenvalue weighted by atomic mass is 16.5. The van der Waals surface area contributed by atoms with E-state index >= 15 is 0 Å². The summed E-state index contributed by atoms with van der Waals surface area (Å²) in [6, 6.07) is 35.0. The number of nitrogens with zero attached hydrogens (tertiary/aromatic N) is 3. The van der Waals surface area contributed by atoms with Gasteiger partial charge in [-0.1, -0.05) is 60.7 Å². The van der Waals surface area contributed by atoms with E-state index in [1.807, 2.05) is 48.8 Å². The van der Waals surface area contributed by atoms with Crippen LogP contribution in [-0.4, -0.2) is 9.97 Å². The van der Waals surface area contributed by atoms with E-state index in [0.29, 0.717) is 0 Å². The molecule has 6 rings (SSSR count). The average Bonchev–Trinajstić information content (AvgIpc) is 2.92. The molecule has 162 valence electrons. The quantitative estimate of drug-likeness (QED) is 0.255. The van der Waals surface area contributed by atoms with Crippen molar-refractivity contribution in [3.05, 3.63) is 128 Å². The van der Waals surface area contributed by atoms with E-state index in [2.05, 4.69) is 81.6 Å². The number of ether oxygens (including phenoxy) is 1. The Balaban J connectivity index is 1.70. The van der Waals surface area contributed by atoms with Crippen molar-refractivity contribution in [2.45, 2.75) is 0 Å². The van der Waals surface area contributed by atoms with E-state index in [-0.39, 0.29) is 0 Å². The lowest BCUT2D eigenvalue weighted by molar-refractivity contribution is 0.493. The van der Waals surface area contributed by atoms with Gasteiger partial charge in [-0.05, 0) is 42.5 Å². The second-order valence-electron chi connectivity index (χ2n) is 7.94. The summed E-state index contributed by atoms with van der Waals surface area (Å²) in [5.74, 6) is 1.55. The maximum Gasteiger partial charge on any atom is 0.143 e. The number of para-hydroxylation sites is 2. The first-order chi connectivity index (χ1) is 16.9. The second-order valence-corrected chi connectivity index (χ2v) is 7.94. The van der Waals surface area contributed by atoms with Gasteiger partial charge in [-0.15, -0.1) is 0 Å². The van der Waals surface area contributed by atoms with Crippen LogP contribution in [0.25, 0.3) is 21.5 Å². The van der Waals surface area contributed by atoms with E-state index in [1.165, 1.54) is 0 Å². The molecule has 2 aromatic heterocycles. The molecule has 4 nitrogen and oxygen atoms in total. The minimum absolute atomic E-state index is 0.744. The zero-order valence-corrected chi connectivity index (χ0v) is 18.4. The van der Waals surface area contributed by atoms with Gasteiger partial charge < -0.3 is 9.64 Å². The van der Waals surface area contributed by atoms with Gasteiger partial charge in [-0.2, -0.15) is 0 Å². The zero-order valence-electron chi connectivity index (χ0n) is 18.4. The van der Waals surface area contributed by atoms with Gasteiger partial charge in [0.1, 0.15) is 11.5 Å². The van der Waals surface area contributed by atoms with E-state index < -0.39 is 0 Å². The van der Waals surface area contributed by atoms with Crippen LogP contribution in [0.5, 0.6) is 11.5 Å². The summed E-state index contributed by atoms with van der Waals surface area (Å²) in [5, 5.41) is 4.12. The van der Waals surface area contributed by atoms with Gasteiger partial charge in [0.2, 0.25) is 0 Å². The van der Waals surface area contributed by atoms with Crippen LogP contribution < -0.4 is 9.64 Å². The Morgan fingerprint density at radius 2 is 1.06 bits per heavy atom. The summed E-state index contributed by atoms with van der Waals surface area (Å²) in [6.07, 6.45) is 7.22. The van der Waals surface area contributed by atoms with Gasteiger partial charge in [0.25, 0.3) is 0 Å². The maximum atomic E-state index is 6.46. The summed E-state index contributed by atoms with van der Waals surface area (Å²) in [5.41, 5.74) is 3.22. The molecule has 0 N–H and O–H groups in total. The standard InChI is InChI=1S/C30H21N3O/c1-3-9-22(10-4-1)33(23-11-5-2-6-12-23)29-25-13-7-8-14-26(25)30(27-17-20-32-21-28(27)29)34-24-15-18-31-19-16-24/h1-21H. The fourth-order valence-corrected chi connectivity index (χ4v) is 4.40. The molecule has 0 aliphatic carbocycles. The third kappa shape index (κ3) is 3.51. The summed E-state index contributed by atoms with van der Waals surface area (Å²) in [7, 11) is 0. The molecular formula is C30H21N3O. The average molecular weight is 440 g/mol. The number of hydrogen-bond donors (Lipinski definition) is 0. The Bertz CT molecular complexity index is 1470. The zero-order chi connectivity index (χ0) is 22.7. The summed E-state index contributed by atoms with van der Waals surface area (Å²) < 4.78 is 6.46. The van der Waals surface area contributed by atoms with Crippen LogP contribution in [0.15, 0.2) is 128 Å². The fourth-order valence-electron chi connectivity index (χ4n) is 4.40. The summed E-state index contributed by atoms with van der Waals surface area (Å²) in [4.78, 5) is 10.9. The van der Waals surface area contributed by atoms with Crippen molar-refractivity contribution < 1.29 is 4.74 Å². The fraction of sp³-hybridized carbons (Fsp3) is 0. The number of fused-ring (bicyclic) bond motifs is 2. The predicted octanol–water partition coefficient (Wildman–Crippen LogP) is 8.05. The van der Waals surface area contributed by atoms with E-state index in [0.717, 1.165) is 50.1 Å². The number of hydrogen-bond acceptors (Lipinski definition) is 4. The minimum atomic E-state index is 0.744. The molecule has 0 unspecified atom stereocenters.